The first kappa shape index (κ1) is 6.53. The molecule has 2 N–H and O–H groups in total. The number of nitrogens with one attached hydrogen (secondary N) is 2. The number of hydrogen-bond donors (Lipinski definition) is 2. The second kappa shape index (κ2) is 3.44. The van der Waals surface area contributed by atoms with Crippen LogP contribution in [0, 0.1) is 11.3 Å². The summed E-state index contributed by atoms with van der Waals surface area (Å²) in [5.74, 6) is 0. The van der Waals surface area contributed by atoms with Crippen LogP contribution in [0.1, 0.15) is 6.42 Å². The molecule has 0 saturated carbocycles. The summed E-state index contributed by atoms with van der Waals surface area (Å²) in [5, 5.41) is 14.7. The zero-order valence-electron chi connectivity index (χ0n) is 5.35. The van der Waals surface area contributed by atoms with Gasteiger partial charge in [0.1, 0.15) is 0 Å². The second-order valence-corrected chi connectivity index (χ2v) is 2.22. The first-order valence-corrected chi connectivity index (χ1v) is 3.24. The van der Waals surface area contributed by atoms with Gasteiger partial charge in [-0.2, -0.15) is 5.26 Å². The van der Waals surface area contributed by atoms with Crippen molar-refractivity contribution < 1.29 is 0 Å². The third-order valence-corrected chi connectivity index (χ3v) is 1.46. The predicted molar refractivity (Wildman–Crippen MR) is 34.9 cm³/mol. The van der Waals surface area contributed by atoms with Crippen LogP contribution in [0.15, 0.2) is 0 Å². The van der Waals surface area contributed by atoms with Crippen LogP contribution in [0.5, 0.6) is 0 Å². The van der Waals surface area contributed by atoms with E-state index in [1.807, 2.05) is 0 Å². The van der Waals surface area contributed by atoms with E-state index >= 15 is 0 Å². The summed E-state index contributed by atoms with van der Waals surface area (Å²) in [6.07, 6.45) is 0.618. The Morgan fingerprint density at radius 1 is 1.56 bits per heavy atom. The molecule has 9 heavy (non-hydrogen) atoms. The van der Waals surface area contributed by atoms with Crippen molar-refractivity contribution in [1.29, 1.82) is 5.26 Å². The highest BCUT2D eigenvalue weighted by molar-refractivity contribution is 4.84. The van der Waals surface area contributed by atoms with E-state index in [1.165, 1.54) is 0 Å². The van der Waals surface area contributed by atoms with Gasteiger partial charge in [-0.05, 0) is 0 Å². The standard InChI is InChI=1S/C6H11N3/c7-2-1-6-5-8-3-4-9-6/h6,8-9H,1,3-5H2. The first-order valence-electron chi connectivity index (χ1n) is 3.24. The van der Waals surface area contributed by atoms with Gasteiger partial charge in [0.05, 0.1) is 12.5 Å². The van der Waals surface area contributed by atoms with Gasteiger partial charge in [-0.25, -0.2) is 0 Å². The van der Waals surface area contributed by atoms with Crippen LogP contribution >= 0.6 is 0 Å². The van der Waals surface area contributed by atoms with Gasteiger partial charge in [-0.1, -0.05) is 0 Å². The van der Waals surface area contributed by atoms with Gasteiger partial charge in [0.25, 0.3) is 0 Å². The molecule has 0 amide bonds. The van der Waals surface area contributed by atoms with Crippen molar-refractivity contribution >= 4 is 0 Å². The molecule has 0 aromatic heterocycles. The quantitative estimate of drug-likeness (QED) is 0.495. The number of hydrogen-bond acceptors (Lipinski definition) is 3. The molecule has 0 bridgehead atoms. The van der Waals surface area contributed by atoms with Gasteiger partial charge in [-0.3, -0.25) is 0 Å². The molecule has 1 fully saturated rings. The lowest BCUT2D eigenvalue weighted by atomic mass is 10.2. The summed E-state index contributed by atoms with van der Waals surface area (Å²) in [5.41, 5.74) is 0. The Hall–Kier alpha value is -0.590. The minimum Gasteiger partial charge on any atom is -0.314 e. The van der Waals surface area contributed by atoms with Crippen molar-refractivity contribution in [2.45, 2.75) is 12.5 Å². The molecule has 1 saturated heterocycles. The molecule has 1 aliphatic heterocycles. The van der Waals surface area contributed by atoms with E-state index in [0.29, 0.717) is 12.5 Å². The van der Waals surface area contributed by atoms with Gasteiger partial charge in [0, 0.05) is 25.7 Å². The molecule has 0 spiro atoms. The smallest absolute Gasteiger partial charge is 0.0638 e. The Balaban J connectivity index is 2.17. The van der Waals surface area contributed by atoms with Gasteiger partial charge < -0.3 is 10.6 Å². The maximum atomic E-state index is 8.30. The van der Waals surface area contributed by atoms with E-state index in [4.69, 9.17) is 5.26 Å². The van der Waals surface area contributed by atoms with E-state index in [1.54, 1.807) is 0 Å². The summed E-state index contributed by atoms with van der Waals surface area (Å²) >= 11 is 0. The Morgan fingerprint density at radius 3 is 3.00 bits per heavy atom. The lowest BCUT2D eigenvalue weighted by Crippen LogP contribution is -2.47. The largest absolute Gasteiger partial charge is 0.314 e. The van der Waals surface area contributed by atoms with E-state index in [-0.39, 0.29) is 0 Å². The first-order chi connectivity index (χ1) is 4.43. The molecule has 0 radical (unpaired) electrons. The number of rotatable bonds is 1. The molecular weight excluding hydrogens is 114 g/mol. The summed E-state index contributed by atoms with van der Waals surface area (Å²) in [6, 6.07) is 2.51. The van der Waals surface area contributed by atoms with Crippen molar-refractivity contribution in [3.8, 4) is 6.07 Å². The molecule has 3 nitrogen and oxygen atoms in total. The Kier molecular flexibility index (Phi) is 2.49. The fourth-order valence-corrected chi connectivity index (χ4v) is 0.968. The monoisotopic (exact) mass is 125 g/mol. The highest BCUT2D eigenvalue weighted by Gasteiger charge is 2.09. The molecular formula is C6H11N3. The maximum absolute atomic E-state index is 8.30. The summed E-state index contributed by atoms with van der Waals surface area (Å²) < 4.78 is 0. The molecule has 1 aliphatic rings. The van der Waals surface area contributed by atoms with E-state index in [0.717, 1.165) is 19.6 Å². The molecule has 0 aromatic rings. The Labute approximate surface area is 55.1 Å². The highest BCUT2D eigenvalue weighted by atomic mass is 15.0. The summed E-state index contributed by atoms with van der Waals surface area (Å²) in [7, 11) is 0. The molecule has 0 aliphatic carbocycles. The van der Waals surface area contributed by atoms with Gasteiger partial charge in [0.2, 0.25) is 0 Å². The van der Waals surface area contributed by atoms with Crippen molar-refractivity contribution in [3.63, 3.8) is 0 Å². The highest BCUT2D eigenvalue weighted by Crippen LogP contribution is 1.90. The second-order valence-electron chi connectivity index (χ2n) is 2.22. The van der Waals surface area contributed by atoms with Crippen molar-refractivity contribution in [2.75, 3.05) is 19.6 Å². The van der Waals surface area contributed by atoms with Crippen LogP contribution in [0.25, 0.3) is 0 Å². The topological polar surface area (TPSA) is 47.9 Å². The van der Waals surface area contributed by atoms with Crippen molar-refractivity contribution in [1.82, 2.24) is 10.6 Å². The molecule has 1 rings (SSSR count). The fraction of sp³-hybridized carbons (Fsp3) is 0.833. The number of piperazine rings is 1. The SMILES string of the molecule is N#CCC1CNCCN1. The van der Waals surface area contributed by atoms with E-state index < -0.39 is 0 Å². The predicted octanol–water partition coefficient (Wildman–Crippen LogP) is -0.539. The molecule has 50 valence electrons. The zero-order chi connectivity index (χ0) is 6.53. The number of nitriles is 1. The molecule has 1 atom stereocenters. The average molecular weight is 125 g/mol. The van der Waals surface area contributed by atoms with Gasteiger partial charge in [0.15, 0.2) is 0 Å². The van der Waals surface area contributed by atoms with E-state index in [2.05, 4.69) is 16.7 Å². The van der Waals surface area contributed by atoms with Crippen LogP contribution in [-0.2, 0) is 0 Å². The average Bonchev–Trinajstić information content (AvgIpc) is 1.91. The summed E-state index contributed by atoms with van der Waals surface area (Å²) in [6.45, 7) is 2.96. The van der Waals surface area contributed by atoms with Gasteiger partial charge >= 0.3 is 0 Å². The Morgan fingerprint density at radius 2 is 2.44 bits per heavy atom. The van der Waals surface area contributed by atoms with Crippen molar-refractivity contribution in [3.05, 3.63) is 0 Å². The lowest BCUT2D eigenvalue weighted by Gasteiger charge is -2.21. The van der Waals surface area contributed by atoms with E-state index in [9.17, 15) is 0 Å². The normalized spacial score (nSPS) is 27.2. The third-order valence-electron chi connectivity index (χ3n) is 1.46. The molecule has 1 unspecified atom stereocenters. The van der Waals surface area contributed by atoms with Crippen LogP contribution in [0.2, 0.25) is 0 Å². The van der Waals surface area contributed by atoms with Crippen LogP contribution < -0.4 is 10.6 Å². The molecule has 1 heterocycles. The van der Waals surface area contributed by atoms with Crippen LogP contribution in [-0.4, -0.2) is 25.7 Å². The van der Waals surface area contributed by atoms with Crippen LogP contribution in [0.4, 0.5) is 0 Å². The minimum absolute atomic E-state index is 0.378. The minimum atomic E-state index is 0.378. The molecule has 3 heteroatoms. The molecule has 0 aromatic carbocycles. The van der Waals surface area contributed by atoms with Crippen LogP contribution in [0.3, 0.4) is 0 Å². The summed E-state index contributed by atoms with van der Waals surface area (Å²) in [4.78, 5) is 0. The van der Waals surface area contributed by atoms with Gasteiger partial charge in [-0.15, -0.1) is 0 Å². The number of nitrogens with zero attached hydrogens (tertiary/aromatic N) is 1. The van der Waals surface area contributed by atoms with Crippen molar-refractivity contribution in [2.24, 2.45) is 0 Å². The Bertz CT molecular complexity index is 110. The maximum Gasteiger partial charge on any atom is 0.0638 e. The third kappa shape index (κ3) is 2.00. The lowest BCUT2D eigenvalue weighted by molar-refractivity contribution is 0.423. The zero-order valence-corrected chi connectivity index (χ0v) is 5.35. The fourth-order valence-electron chi connectivity index (χ4n) is 0.968.